The van der Waals surface area contributed by atoms with Crippen molar-refractivity contribution in [2.45, 2.75) is 97.8 Å². The molecule has 3 aliphatic rings. The Kier molecular flexibility index (Phi) is 14.0. The largest absolute Gasteiger partial charge is 0.508 e. The number of hydrogen-bond donors (Lipinski definition) is 4. The Morgan fingerprint density at radius 3 is 2.58 bits per heavy atom. The molecule has 2 saturated heterocycles. The monoisotopic (exact) mass is 903 g/mol. The smallest absolute Gasteiger partial charge is 0.393 e. The minimum absolute atomic E-state index is 0.0614. The molecule has 2 aromatic heterocycles. The van der Waals surface area contributed by atoms with Crippen LogP contribution in [0.1, 0.15) is 64.2 Å². The minimum Gasteiger partial charge on any atom is -0.508 e. The molecule has 17 heteroatoms. The number of aromatic nitrogens is 2. The number of aryl methyl sites for hydroxylation is 1. The first-order valence-corrected chi connectivity index (χ1v) is 22.3. The molecule has 350 valence electrons. The number of carbonyl (C=O) groups excluding carboxylic acids is 4. The van der Waals surface area contributed by atoms with Gasteiger partial charge in [0.1, 0.15) is 23.9 Å². The molecule has 7 rings (SSSR count). The number of fused-ring (bicyclic) bond motifs is 6. The van der Waals surface area contributed by atoms with Crippen molar-refractivity contribution in [3.05, 3.63) is 71.5 Å². The molecular weight excluding hydrogens is 844 g/mol. The zero-order valence-electron chi connectivity index (χ0n) is 38.1. The number of nitrogens with one attached hydrogen (secondary N) is 3. The van der Waals surface area contributed by atoms with Gasteiger partial charge in [0.05, 0.1) is 30.7 Å². The number of hydrazine groups is 1. The summed E-state index contributed by atoms with van der Waals surface area (Å²) in [7, 11) is 2.96. The Hall–Kier alpha value is -5.52. The normalized spacial score (nSPS) is 22.1. The second-order valence-electron chi connectivity index (χ2n) is 18.7. The maximum Gasteiger partial charge on any atom is 0.393 e. The SMILES string of the molecule is CCn1c(-c2cnccc2COC)c2c3cc(ccc31)-c1cc(O)cc(c1)C[C@H](NC(=O)[C@H](C(C)C)N(C)C(=O)[C@@H]1CNC[C@@H]1C(F)(F)F)C(=O)N1CCC[C@H](N1)C(=O)OCC(C)(C)C2. The number of alkyl halides is 3. The van der Waals surface area contributed by atoms with Crippen molar-refractivity contribution >= 4 is 34.6 Å². The van der Waals surface area contributed by atoms with Crippen LogP contribution in [0.25, 0.3) is 33.3 Å². The third-order valence-electron chi connectivity index (χ3n) is 12.9. The third-order valence-corrected chi connectivity index (χ3v) is 12.9. The van der Waals surface area contributed by atoms with E-state index in [1.54, 1.807) is 33.2 Å². The molecule has 5 heterocycles. The number of phenolic OH excluding ortho intramolecular Hbond substituents is 1. The number of benzene rings is 2. The Morgan fingerprint density at radius 2 is 1.88 bits per heavy atom. The van der Waals surface area contributed by atoms with E-state index in [-0.39, 0.29) is 31.9 Å². The topological polar surface area (TPSA) is 167 Å². The van der Waals surface area contributed by atoms with Gasteiger partial charge in [-0.2, -0.15) is 13.2 Å². The number of carbonyl (C=O) groups is 4. The summed E-state index contributed by atoms with van der Waals surface area (Å²) in [5, 5.41) is 19.0. The van der Waals surface area contributed by atoms with Crippen LogP contribution in [0.3, 0.4) is 0 Å². The van der Waals surface area contributed by atoms with E-state index in [0.717, 1.165) is 43.8 Å². The second kappa shape index (κ2) is 19.1. The van der Waals surface area contributed by atoms with Crippen LogP contribution in [-0.4, -0.2) is 113 Å². The van der Waals surface area contributed by atoms with Crippen molar-refractivity contribution in [1.82, 2.24) is 35.5 Å². The highest BCUT2D eigenvalue weighted by atomic mass is 19.4. The van der Waals surface area contributed by atoms with E-state index in [2.05, 4.69) is 38.6 Å². The zero-order valence-corrected chi connectivity index (χ0v) is 38.1. The number of amides is 3. The van der Waals surface area contributed by atoms with Gasteiger partial charge in [-0.1, -0.05) is 39.8 Å². The summed E-state index contributed by atoms with van der Waals surface area (Å²) in [5.41, 5.74) is 9.22. The number of ether oxygens (including phenoxy) is 2. The molecule has 14 nitrogen and oxygen atoms in total. The first kappa shape index (κ1) is 47.4. The summed E-state index contributed by atoms with van der Waals surface area (Å²) >= 11 is 0. The van der Waals surface area contributed by atoms with E-state index < -0.39 is 77.7 Å². The van der Waals surface area contributed by atoms with Crippen LogP contribution in [0.15, 0.2) is 54.9 Å². The van der Waals surface area contributed by atoms with Crippen LogP contribution in [0.2, 0.25) is 0 Å². The molecule has 3 amide bonds. The van der Waals surface area contributed by atoms with Gasteiger partial charge in [-0.15, -0.1) is 0 Å². The van der Waals surface area contributed by atoms with Crippen molar-refractivity contribution in [3.63, 3.8) is 0 Å². The van der Waals surface area contributed by atoms with E-state index in [9.17, 15) is 37.5 Å². The summed E-state index contributed by atoms with van der Waals surface area (Å²) in [6.45, 7) is 10.2. The van der Waals surface area contributed by atoms with Crippen LogP contribution >= 0.6 is 0 Å². The molecule has 6 bridgehead atoms. The van der Waals surface area contributed by atoms with Gasteiger partial charge < -0.3 is 34.7 Å². The van der Waals surface area contributed by atoms with Crippen molar-refractivity contribution in [1.29, 1.82) is 0 Å². The third kappa shape index (κ3) is 10.0. The van der Waals surface area contributed by atoms with Crippen LogP contribution in [0.5, 0.6) is 5.75 Å². The van der Waals surface area contributed by atoms with E-state index in [0.29, 0.717) is 43.5 Å². The first-order valence-electron chi connectivity index (χ1n) is 22.3. The van der Waals surface area contributed by atoms with Gasteiger partial charge in [-0.3, -0.25) is 29.2 Å². The van der Waals surface area contributed by atoms with Crippen LogP contribution < -0.4 is 16.1 Å². The Bertz CT molecular complexity index is 2440. The number of methoxy groups -OCH3 is 1. The predicted octanol–water partition coefficient (Wildman–Crippen LogP) is 5.77. The highest BCUT2D eigenvalue weighted by Crippen LogP contribution is 2.42. The maximum absolute atomic E-state index is 14.6. The molecule has 2 aromatic carbocycles. The fraction of sp³-hybridized carbons (Fsp3) is 0.521. The average Bonchev–Trinajstić information content (AvgIpc) is 3.88. The van der Waals surface area contributed by atoms with Crippen molar-refractivity contribution < 1.29 is 46.9 Å². The highest BCUT2D eigenvalue weighted by Gasteiger charge is 2.51. The lowest BCUT2D eigenvalue weighted by Crippen LogP contribution is -2.62. The number of aromatic hydroxyl groups is 1. The van der Waals surface area contributed by atoms with Gasteiger partial charge in [0, 0.05) is 81.0 Å². The number of pyridine rings is 1. The fourth-order valence-electron chi connectivity index (χ4n) is 9.79. The summed E-state index contributed by atoms with van der Waals surface area (Å²) in [6.07, 6.45) is 0.178. The number of cyclic esters (lactones) is 1. The molecule has 4 aromatic rings. The molecule has 0 unspecified atom stereocenters. The number of halogens is 3. The number of hydrogen-bond acceptors (Lipinski definition) is 10. The number of likely N-dealkylation sites (N-methyl/N-ethyl adjacent to an activating group) is 1. The summed E-state index contributed by atoms with van der Waals surface area (Å²) in [5.74, 6) is -6.68. The molecule has 65 heavy (non-hydrogen) atoms. The van der Waals surface area contributed by atoms with Gasteiger partial charge in [0.2, 0.25) is 11.8 Å². The molecule has 3 aliphatic heterocycles. The predicted molar refractivity (Wildman–Crippen MR) is 238 cm³/mol. The standard InChI is InChI=1S/C48H60F3N7O7/c1-8-57-40-12-11-29-20-33(40)34(42(57)35-22-52-14-13-30(35)25-64-7)21-47(4,5)26-65-46(63)38-10-9-15-58(55-38)45(62)39(18-28-16-31(29)19-32(59)17-28)54-43(60)41(27(2)3)56(6)44(61)36-23-53-24-37(36)48(49,50)51/h11-14,16-17,19-20,22,27,36-39,41,53,55,59H,8-10,15,18,21,23-26H2,1-7H3,(H,54,60)/t36-,37+,38+,39+,41+/m1/s1. The second-order valence-corrected chi connectivity index (χ2v) is 18.7. The van der Waals surface area contributed by atoms with Crippen molar-refractivity contribution in [2.24, 2.45) is 23.2 Å². The molecular formula is C48H60F3N7O7. The average molecular weight is 904 g/mol. The first-order chi connectivity index (χ1) is 30.8. The Morgan fingerprint density at radius 1 is 1.11 bits per heavy atom. The molecule has 5 atom stereocenters. The molecule has 4 N–H and O–H groups in total. The van der Waals surface area contributed by atoms with Crippen LogP contribution in [0, 0.1) is 23.2 Å². The van der Waals surface area contributed by atoms with Gasteiger partial charge >= 0.3 is 12.1 Å². The minimum atomic E-state index is -4.62. The van der Waals surface area contributed by atoms with Crippen molar-refractivity contribution in [3.8, 4) is 28.1 Å². The van der Waals surface area contributed by atoms with E-state index in [4.69, 9.17) is 9.47 Å². The Labute approximate surface area is 377 Å². The summed E-state index contributed by atoms with van der Waals surface area (Å²) in [6, 6.07) is 9.60. The molecule has 2 fully saturated rings. The van der Waals surface area contributed by atoms with Crippen molar-refractivity contribution in [2.75, 3.05) is 40.4 Å². The molecule has 0 spiro atoms. The van der Waals surface area contributed by atoms with Crippen LogP contribution in [0.4, 0.5) is 13.2 Å². The zero-order chi connectivity index (χ0) is 47.0. The molecule has 0 saturated carbocycles. The number of phenols is 1. The van der Waals surface area contributed by atoms with Gasteiger partial charge in [-0.05, 0) is 90.3 Å². The maximum atomic E-state index is 14.6. The molecule has 0 aliphatic carbocycles. The number of nitrogens with zero attached hydrogens (tertiary/aromatic N) is 4. The van der Waals surface area contributed by atoms with Gasteiger partial charge in [0.15, 0.2) is 0 Å². The lowest BCUT2D eigenvalue weighted by molar-refractivity contribution is -0.185. The number of esters is 1. The van der Waals surface area contributed by atoms with Crippen LogP contribution in [-0.2, 0) is 54.6 Å². The Balaban J connectivity index is 1.32. The lowest BCUT2D eigenvalue weighted by atomic mass is 9.84. The summed E-state index contributed by atoms with van der Waals surface area (Å²) < 4.78 is 55.7. The van der Waals surface area contributed by atoms with Gasteiger partial charge in [-0.25, -0.2) is 5.43 Å². The van der Waals surface area contributed by atoms with E-state index in [1.807, 2.05) is 44.3 Å². The molecule has 0 radical (unpaired) electrons. The van der Waals surface area contributed by atoms with E-state index in [1.165, 1.54) is 18.1 Å². The number of rotatable bonds is 9. The quantitative estimate of drug-likeness (QED) is 0.152. The lowest BCUT2D eigenvalue weighted by Gasteiger charge is -2.37. The fourth-order valence-corrected chi connectivity index (χ4v) is 9.79. The van der Waals surface area contributed by atoms with Gasteiger partial charge in [0.25, 0.3) is 5.91 Å². The highest BCUT2D eigenvalue weighted by molar-refractivity contribution is 5.96. The summed E-state index contributed by atoms with van der Waals surface area (Å²) in [4.78, 5) is 62.1. The van der Waals surface area contributed by atoms with E-state index >= 15 is 0 Å².